The van der Waals surface area contributed by atoms with Crippen LogP contribution in [0, 0.1) is 6.92 Å². The summed E-state index contributed by atoms with van der Waals surface area (Å²) in [7, 11) is 1.41. The molecule has 0 bridgehead atoms. The van der Waals surface area contributed by atoms with E-state index in [9.17, 15) is 9.59 Å². The van der Waals surface area contributed by atoms with Crippen LogP contribution in [0.2, 0.25) is 0 Å². The van der Waals surface area contributed by atoms with Gasteiger partial charge in [-0.2, -0.15) is 11.8 Å². The lowest BCUT2D eigenvalue weighted by Gasteiger charge is -2.07. The lowest BCUT2D eigenvalue weighted by Crippen LogP contribution is -2.27. The number of aryl methyl sites for hydroxylation is 1. The van der Waals surface area contributed by atoms with E-state index in [1.165, 1.54) is 30.5 Å². The first-order valence-electron chi connectivity index (χ1n) is 7.29. The average molecular weight is 332 g/mol. The van der Waals surface area contributed by atoms with Crippen LogP contribution < -0.4 is 15.5 Å². The maximum Gasteiger partial charge on any atom is 0.267 e. The number of aromatic amines is 1. The number of amides is 1. The molecule has 2 aromatic rings. The quantitative estimate of drug-likeness (QED) is 0.764. The normalized spacial score (nSPS) is 10.3. The third-order valence-corrected chi connectivity index (χ3v) is 4.40. The molecule has 6 heteroatoms. The summed E-state index contributed by atoms with van der Waals surface area (Å²) in [5.74, 6) is 1.62. The first-order valence-corrected chi connectivity index (χ1v) is 8.44. The predicted octanol–water partition coefficient (Wildman–Crippen LogP) is 2.36. The molecule has 23 heavy (non-hydrogen) atoms. The van der Waals surface area contributed by atoms with Gasteiger partial charge < -0.3 is 15.0 Å². The second kappa shape index (κ2) is 8.43. The maximum atomic E-state index is 12.0. The minimum absolute atomic E-state index is 0.190. The van der Waals surface area contributed by atoms with Crippen LogP contribution in [0.3, 0.4) is 0 Å². The molecule has 0 spiro atoms. The van der Waals surface area contributed by atoms with Gasteiger partial charge in [0.1, 0.15) is 5.69 Å². The van der Waals surface area contributed by atoms with E-state index in [0.29, 0.717) is 6.54 Å². The maximum absolute atomic E-state index is 12.0. The fourth-order valence-electron chi connectivity index (χ4n) is 2.04. The van der Waals surface area contributed by atoms with Crippen LogP contribution in [0.15, 0.2) is 41.3 Å². The Kier molecular flexibility index (Phi) is 6.29. The smallest absolute Gasteiger partial charge is 0.267 e. The van der Waals surface area contributed by atoms with E-state index in [1.54, 1.807) is 11.8 Å². The van der Waals surface area contributed by atoms with Crippen molar-refractivity contribution in [3.8, 4) is 5.75 Å². The Balaban J connectivity index is 1.76. The number of nitrogens with one attached hydrogen (secondary N) is 2. The van der Waals surface area contributed by atoms with Crippen LogP contribution in [0.25, 0.3) is 0 Å². The zero-order chi connectivity index (χ0) is 16.7. The van der Waals surface area contributed by atoms with Crippen molar-refractivity contribution in [2.75, 3.05) is 19.4 Å². The molecule has 2 N–H and O–H groups in total. The summed E-state index contributed by atoms with van der Waals surface area (Å²) in [4.78, 5) is 26.3. The van der Waals surface area contributed by atoms with Crippen molar-refractivity contribution < 1.29 is 9.53 Å². The zero-order valence-electron chi connectivity index (χ0n) is 13.2. The molecule has 1 aromatic carbocycles. The molecule has 1 amide bonds. The lowest BCUT2D eigenvalue weighted by atomic mass is 10.1. The number of H-pyrrole nitrogens is 1. The lowest BCUT2D eigenvalue weighted by molar-refractivity contribution is 0.0951. The molecule has 5 nitrogen and oxygen atoms in total. The monoisotopic (exact) mass is 332 g/mol. The minimum Gasteiger partial charge on any atom is -0.491 e. The molecular weight excluding hydrogens is 312 g/mol. The first kappa shape index (κ1) is 17.1. The molecule has 0 saturated heterocycles. The number of ether oxygens (including phenoxy) is 1. The Morgan fingerprint density at radius 2 is 2.13 bits per heavy atom. The van der Waals surface area contributed by atoms with E-state index in [4.69, 9.17) is 4.74 Å². The van der Waals surface area contributed by atoms with Crippen LogP contribution in [-0.2, 0) is 5.75 Å². The number of benzene rings is 1. The van der Waals surface area contributed by atoms with Crippen LogP contribution in [0.5, 0.6) is 5.75 Å². The Bertz CT molecular complexity index is 728. The van der Waals surface area contributed by atoms with Crippen molar-refractivity contribution >= 4 is 17.7 Å². The topological polar surface area (TPSA) is 71.2 Å². The number of hydrogen-bond acceptors (Lipinski definition) is 4. The fraction of sp³-hybridized carbons (Fsp3) is 0.294. The average Bonchev–Trinajstić information content (AvgIpc) is 2.56. The van der Waals surface area contributed by atoms with Crippen LogP contribution in [-0.4, -0.2) is 30.3 Å². The largest absolute Gasteiger partial charge is 0.491 e. The van der Waals surface area contributed by atoms with Gasteiger partial charge in [0.25, 0.3) is 5.91 Å². The second-order valence-electron chi connectivity index (χ2n) is 5.01. The molecule has 0 radical (unpaired) electrons. The van der Waals surface area contributed by atoms with Gasteiger partial charge in [0.05, 0.1) is 7.11 Å². The predicted molar refractivity (Wildman–Crippen MR) is 93.3 cm³/mol. The Labute approximate surface area is 139 Å². The first-order chi connectivity index (χ1) is 11.1. The molecule has 0 aliphatic rings. The van der Waals surface area contributed by atoms with Gasteiger partial charge >= 0.3 is 0 Å². The van der Waals surface area contributed by atoms with Crippen molar-refractivity contribution in [3.63, 3.8) is 0 Å². The van der Waals surface area contributed by atoms with Crippen molar-refractivity contribution in [2.45, 2.75) is 12.7 Å². The summed E-state index contributed by atoms with van der Waals surface area (Å²) in [5.41, 5.74) is 2.51. The van der Waals surface area contributed by atoms with E-state index in [-0.39, 0.29) is 22.8 Å². The highest BCUT2D eigenvalue weighted by molar-refractivity contribution is 7.98. The van der Waals surface area contributed by atoms with Gasteiger partial charge in [-0.05, 0) is 18.1 Å². The van der Waals surface area contributed by atoms with Crippen molar-refractivity contribution in [1.29, 1.82) is 0 Å². The molecule has 1 heterocycles. The van der Waals surface area contributed by atoms with Crippen LogP contribution in [0.4, 0.5) is 0 Å². The van der Waals surface area contributed by atoms with Crippen molar-refractivity contribution in [3.05, 3.63) is 63.6 Å². The molecule has 0 saturated carbocycles. The highest BCUT2D eigenvalue weighted by atomic mass is 32.2. The molecule has 0 unspecified atom stereocenters. The number of rotatable bonds is 7. The summed E-state index contributed by atoms with van der Waals surface area (Å²) in [5, 5.41) is 2.79. The third-order valence-electron chi connectivity index (χ3n) is 3.39. The summed E-state index contributed by atoms with van der Waals surface area (Å²) in [6, 6.07) is 9.51. The molecule has 0 atom stereocenters. The van der Waals surface area contributed by atoms with Gasteiger partial charge in [-0.1, -0.05) is 24.3 Å². The van der Waals surface area contributed by atoms with E-state index >= 15 is 0 Å². The minimum atomic E-state index is -0.315. The SMILES string of the molecule is COc1c[nH]c(C(=O)NCCSCc2ccccc2C)cc1=O. The number of pyridine rings is 1. The zero-order valence-corrected chi connectivity index (χ0v) is 14.0. The molecule has 0 aliphatic carbocycles. The molecule has 2 rings (SSSR count). The van der Waals surface area contributed by atoms with Crippen LogP contribution in [0.1, 0.15) is 21.6 Å². The summed E-state index contributed by atoms with van der Waals surface area (Å²) in [6.07, 6.45) is 1.39. The fourth-order valence-corrected chi connectivity index (χ4v) is 2.97. The Hall–Kier alpha value is -2.21. The third kappa shape index (κ3) is 4.89. The van der Waals surface area contributed by atoms with Gasteiger partial charge in [0.2, 0.25) is 5.43 Å². The van der Waals surface area contributed by atoms with Crippen molar-refractivity contribution in [2.24, 2.45) is 0 Å². The molecule has 1 aromatic heterocycles. The van der Waals surface area contributed by atoms with E-state index in [1.807, 2.05) is 12.1 Å². The Morgan fingerprint density at radius 3 is 2.83 bits per heavy atom. The Morgan fingerprint density at radius 1 is 1.35 bits per heavy atom. The summed E-state index contributed by atoms with van der Waals surface area (Å²) < 4.78 is 4.87. The number of methoxy groups -OCH3 is 1. The van der Waals surface area contributed by atoms with Gasteiger partial charge in [-0.3, -0.25) is 9.59 Å². The number of hydrogen-bond donors (Lipinski definition) is 2. The number of carbonyl (C=O) groups excluding carboxylic acids is 1. The standard InChI is InChI=1S/C17H20N2O3S/c1-12-5-3-4-6-13(12)11-23-8-7-18-17(21)14-9-15(20)16(22-2)10-19-14/h3-6,9-10H,7-8,11H2,1-2H3,(H,18,21)(H,19,20). The van der Waals surface area contributed by atoms with Gasteiger partial charge in [0.15, 0.2) is 5.75 Å². The molecule has 0 fully saturated rings. The van der Waals surface area contributed by atoms with E-state index in [0.717, 1.165) is 11.5 Å². The van der Waals surface area contributed by atoms with Crippen LogP contribution >= 0.6 is 11.8 Å². The highest BCUT2D eigenvalue weighted by Crippen LogP contribution is 2.15. The summed E-state index contributed by atoms with van der Waals surface area (Å²) >= 11 is 1.76. The summed E-state index contributed by atoms with van der Waals surface area (Å²) in [6.45, 7) is 2.64. The van der Waals surface area contributed by atoms with Crippen molar-refractivity contribution in [1.82, 2.24) is 10.3 Å². The van der Waals surface area contributed by atoms with Gasteiger partial charge in [-0.25, -0.2) is 0 Å². The second-order valence-corrected chi connectivity index (χ2v) is 6.12. The highest BCUT2D eigenvalue weighted by Gasteiger charge is 2.08. The number of thioether (sulfide) groups is 1. The van der Waals surface area contributed by atoms with E-state index < -0.39 is 0 Å². The van der Waals surface area contributed by atoms with Gasteiger partial charge in [-0.15, -0.1) is 0 Å². The molecule has 122 valence electrons. The van der Waals surface area contributed by atoms with Gasteiger partial charge in [0, 0.05) is 30.3 Å². The molecular formula is C17H20N2O3S. The molecule has 0 aliphatic heterocycles. The van der Waals surface area contributed by atoms with E-state index in [2.05, 4.69) is 29.4 Å². The number of carbonyl (C=O) groups is 1. The number of aromatic nitrogens is 1.